The lowest BCUT2D eigenvalue weighted by atomic mass is 9.80. The smallest absolute Gasteiger partial charge is 0.325 e. The zero-order valence-electron chi connectivity index (χ0n) is 17.6. The van der Waals surface area contributed by atoms with E-state index in [2.05, 4.69) is 5.32 Å². The summed E-state index contributed by atoms with van der Waals surface area (Å²) in [5, 5.41) is 2.77. The molecule has 8 heteroatoms. The molecule has 0 radical (unpaired) electrons. The Labute approximate surface area is 176 Å². The number of urea groups is 1. The summed E-state index contributed by atoms with van der Waals surface area (Å²) in [6.45, 7) is 6.78. The van der Waals surface area contributed by atoms with Gasteiger partial charge < -0.3 is 19.7 Å². The van der Waals surface area contributed by atoms with Crippen LogP contribution in [-0.4, -0.2) is 73.7 Å². The fourth-order valence-corrected chi connectivity index (χ4v) is 4.47. The molecule has 1 atom stereocenters. The van der Waals surface area contributed by atoms with E-state index >= 15 is 0 Å². The Morgan fingerprint density at radius 1 is 1.10 bits per heavy atom. The summed E-state index contributed by atoms with van der Waals surface area (Å²) in [7, 11) is 0. The lowest BCUT2D eigenvalue weighted by Crippen LogP contribution is -2.49. The molecule has 1 aromatic rings. The maximum atomic E-state index is 13.1. The minimum Gasteiger partial charge on any atom is -0.381 e. The van der Waals surface area contributed by atoms with E-state index in [0.717, 1.165) is 23.3 Å². The van der Waals surface area contributed by atoms with Crippen molar-refractivity contribution in [1.82, 2.24) is 15.1 Å². The number of benzene rings is 1. The van der Waals surface area contributed by atoms with E-state index < -0.39 is 17.5 Å². The van der Waals surface area contributed by atoms with Crippen molar-refractivity contribution >= 4 is 17.8 Å². The molecule has 3 heterocycles. The molecule has 1 unspecified atom stereocenters. The van der Waals surface area contributed by atoms with E-state index in [0.29, 0.717) is 45.1 Å². The molecule has 0 bridgehead atoms. The summed E-state index contributed by atoms with van der Waals surface area (Å²) in [6.07, 6.45) is 1.68. The van der Waals surface area contributed by atoms with Crippen molar-refractivity contribution in [3.8, 4) is 0 Å². The fourth-order valence-electron chi connectivity index (χ4n) is 4.47. The van der Waals surface area contributed by atoms with Gasteiger partial charge in [-0.3, -0.25) is 14.5 Å². The number of aryl methyl sites for hydroxylation is 1. The highest BCUT2D eigenvalue weighted by Crippen LogP contribution is 2.34. The number of nitrogens with zero attached hydrogens (tertiary/aromatic N) is 2. The van der Waals surface area contributed by atoms with E-state index in [1.807, 2.05) is 31.2 Å². The van der Waals surface area contributed by atoms with Gasteiger partial charge in [0.2, 0.25) is 5.91 Å². The normalized spacial score (nSPS) is 26.6. The summed E-state index contributed by atoms with van der Waals surface area (Å²) in [5.41, 5.74) is 0.481. The summed E-state index contributed by atoms with van der Waals surface area (Å²) in [4.78, 5) is 41.6. The number of nitrogens with one attached hydrogen (secondary N) is 1. The molecule has 0 aromatic heterocycles. The van der Waals surface area contributed by atoms with Crippen LogP contribution in [0, 0.1) is 12.3 Å². The Bertz CT molecular complexity index is 834. The minimum atomic E-state index is -1.17. The topological polar surface area (TPSA) is 88.2 Å². The molecule has 3 aliphatic rings. The average molecular weight is 415 g/mol. The van der Waals surface area contributed by atoms with Gasteiger partial charge in [0, 0.05) is 31.7 Å². The molecule has 1 spiro atoms. The first-order valence-electron chi connectivity index (χ1n) is 10.5. The summed E-state index contributed by atoms with van der Waals surface area (Å²) >= 11 is 0. The lowest BCUT2D eigenvalue weighted by molar-refractivity contribution is -0.140. The van der Waals surface area contributed by atoms with Crippen LogP contribution >= 0.6 is 0 Å². The maximum Gasteiger partial charge on any atom is 0.325 e. The third-order valence-corrected chi connectivity index (χ3v) is 6.54. The second-order valence-electron chi connectivity index (χ2n) is 8.79. The minimum absolute atomic E-state index is 0.113. The van der Waals surface area contributed by atoms with Gasteiger partial charge in [0.1, 0.15) is 12.1 Å². The van der Waals surface area contributed by atoms with Crippen LogP contribution in [0.2, 0.25) is 0 Å². The van der Waals surface area contributed by atoms with Crippen molar-refractivity contribution in [1.29, 1.82) is 0 Å². The summed E-state index contributed by atoms with van der Waals surface area (Å²) in [6, 6.07) is 6.93. The molecule has 4 rings (SSSR count). The predicted octanol–water partition coefficient (Wildman–Crippen LogP) is 1.42. The molecular weight excluding hydrogens is 386 g/mol. The van der Waals surface area contributed by atoms with Crippen LogP contribution in [0.3, 0.4) is 0 Å². The Hall–Kier alpha value is -2.45. The highest BCUT2D eigenvalue weighted by molar-refractivity contribution is 6.09. The van der Waals surface area contributed by atoms with Gasteiger partial charge in [0.05, 0.1) is 13.2 Å². The van der Waals surface area contributed by atoms with Gasteiger partial charge in [-0.15, -0.1) is 0 Å². The number of ether oxygens (including phenoxy) is 2. The van der Waals surface area contributed by atoms with Crippen LogP contribution < -0.4 is 5.32 Å². The largest absolute Gasteiger partial charge is 0.381 e. The van der Waals surface area contributed by atoms with Gasteiger partial charge in [-0.25, -0.2) is 4.79 Å². The van der Waals surface area contributed by atoms with Crippen molar-refractivity contribution in [3.05, 3.63) is 35.4 Å². The number of rotatable bonds is 3. The Balaban J connectivity index is 1.48. The first kappa shape index (κ1) is 20.8. The first-order valence-corrected chi connectivity index (χ1v) is 10.5. The summed E-state index contributed by atoms with van der Waals surface area (Å²) < 4.78 is 11.2. The molecule has 0 aliphatic carbocycles. The van der Waals surface area contributed by atoms with Crippen LogP contribution in [-0.2, 0) is 24.6 Å². The molecular formula is C22H29N3O5. The van der Waals surface area contributed by atoms with Crippen molar-refractivity contribution in [2.75, 3.05) is 46.1 Å². The van der Waals surface area contributed by atoms with Crippen molar-refractivity contribution in [2.24, 2.45) is 5.41 Å². The van der Waals surface area contributed by atoms with Gasteiger partial charge in [-0.1, -0.05) is 29.8 Å². The monoisotopic (exact) mass is 415 g/mol. The first-order chi connectivity index (χ1) is 14.3. The maximum absolute atomic E-state index is 13.1. The predicted molar refractivity (Wildman–Crippen MR) is 109 cm³/mol. The molecule has 8 nitrogen and oxygen atoms in total. The van der Waals surface area contributed by atoms with E-state index in [1.165, 1.54) is 0 Å². The molecule has 162 valence electrons. The second kappa shape index (κ2) is 8.00. The molecule has 1 N–H and O–H groups in total. The summed E-state index contributed by atoms with van der Waals surface area (Å²) in [5.74, 6) is -0.639. The molecule has 3 aliphatic heterocycles. The van der Waals surface area contributed by atoms with Crippen LogP contribution in [0.15, 0.2) is 24.3 Å². The zero-order valence-corrected chi connectivity index (χ0v) is 17.6. The van der Waals surface area contributed by atoms with Gasteiger partial charge in [0.15, 0.2) is 0 Å². The highest BCUT2D eigenvalue weighted by atomic mass is 16.5. The Morgan fingerprint density at radius 2 is 1.80 bits per heavy atom. The Kier molecular flexibility index (Phi) is 5.55. The second-order valence-corrected chi connectivity index (χ2v) is 8.79. The quantitative estimate of drug-likeness (QED) is 0.755. The van der Waals surface area contributed by atoms with Crippen LogP contribution in [0.5, 0.6) is 0 Å². The van der Waals surface area contributed by atoms with Crippen LogP contribution in [0.1, 0.15) is 30.9 Å². The third kappa shape index (κ3) is 3.81. The number of amides is 4. The number of hydrogen-bond acceptors (Lipinski definition) is 5. The van der Waals surface area contributed by atoms with Crippen LogP contribution in [0.25, 0.3) is 0 Å². The number of imide groups is 1. The van der Waals surface area contributed by atoms with Gasteiger partial charge in [0.25, 0.3) is 5.91 Å². The SMILES string of the molecule is Cc1ccc(C2(C)NC(=O)N(CC(=O)N3CCOCC4(CCOCC4)C3)C2=O)cc1. The third-order valence-electron chi connectivity index (χ3n) is 6.54. The van der Waals surface area contributed by atoms with E-state index in [-0.39, 0.29) is 17.9 Å². The van der Waals surface area contributed by atoms with E-state index in [9.17, 15) is 14.4 Å². The van der Waals surface area contributed by atoms with Gasteiger partial charge >= 0.3 is 6.03 Å². The molecule has 4 amide bonds. The van der Waals surface area contributed by atoms with Gasteiger partial charge in [-0.05, 0) is 32.3 Å². The van der Waals surface area contributed by atoms with E-state index in [4.69, 9.17) is 9.47 Å². The molecule has 3 saturated heterocycles. The van der Waals surface area contributed by atoms with E-state index in [1.54, 1.807) is 11.8 Å². The molecule has 0 saturated carbocycles. The van der Waals surface area contributed by atoms with Crippen molar-refractivity contribution in [2.45, 2.75) is 32.2 Å². The average Bonchev–Trinajstić information content (AvgIpc) is 2.87. The highest BCUT2D eigenvalue weighted by Gasteiger charge is 2.50. The number of carbonyl (C=O) groups is 3. The van der Waals surface area contributed by atoms with Crippen LogP contribution in [0.4, 0.5) is 4.79 Å². The Morgan fingerprint density at radius 3 is 2.50 bits per heavy atom. The number of hydrogen-bond donors (Lipinski definition) is 1. The zero-order chi connectivity index (χ0) is 21.4. The molecule has 3 fully saturated rings. The standard InChI is InChI=1S/C22H29N3O5/c1-16-3-5-17(6-4-16)21(2)19(27)25(20(28)23-21)13-18(26)24-9-12-30-15-22(14-24)7-10-29-11-8-22/h3-6H,7-15H2,1-2H3,(H,23,28). The molecule has 30 heavy (non-hydrogen) atoms. The van der Waals surface area contributed by atoms with Crippen molar-refractivity contribution in [3.63, 3.8) is 0 Å². The fraction of sp³-hybridized carbons (Fsp3) is 0.591. The molecule has 1 aromatic carbocycles. The lowest BCUT2D eigenvalue weighted by Gasteiger charge is -2.38. The number of carbonyl (C=O) groups excluding carboxylic acids is 3. The van der Waals surface area contributed by atoms with Crippen molar-refractivity contribution < 1.29 is 23.9 Å². The van der Waals surface area contributed by atoms with Gasteiger partial charge in [-0.2, -0.15) is 0 Å².